The Morgan fingerprint density at radius 1 is 1.35 bits per heavy atom. The molecule has 0 fully saturated rings. The normalized spacial score (nSPS) is 14.6. The fourth-order valence-electron chi connectivity index (χ4n) is 2.52. The Balaban J connectivity index is 2.09. The summed E-state index contributed by atoms with van der Waals surface area (Å²) in [4.78, 5) is 0. The smallest absolute Gasteiger partial charge is 0.134 e. The molecular formula is C16H23NO2S. The molecule has 1 aromatic heterocycles. The van der Waals surface area contributed by atoms with Crippen LogP contribution >= 0.6 is 0 Å². The summed E-state index contributed by atoms with van der Waals surface area (Å²) in [5, 5.41) is 4.68. The zero-order valence-corrected chi connectivity index (χ0v) is 13.3. The number of fused-ring (bicyclic) bond motifs is 1. The summed E-state index contributed by atoms with van der Waals surface area (Å²) < 4.78 is 17.0. The van der Waals surface area contributed by atoms with E-state index < -0.39 is 10.8 Å². The molecule has 0 radical (unpaired) electrons. The zero-order chi connectivity index (χ0) is 14.5. The van der Waals surface area contributed by atoms with E-state index in [4.69, 9.17) is 4.42 Å². The highest BCUT2D eigenvalue weighted by atomic mass is 32.2. The Kier molecular flexibility index (Phi) is 5.38. The van der Waals surface area contributed by atoms with Gasteiger partial charge in [-0.1, -0.05) is 25.1 Å². The maximum Gasteiger partial charge on any atom is 0.134 e. The lowest BCUT2D eigenvalue weighted by atomic mass is 10.1. The van der Waals surface area contributed by atoms with Gasteiger partial charge < -0.3 is 9.73 Å². The summed E-state index contributed by atoms with van der Waals surface area (Å²) in [5.74, 6) is 1.78. The topological polar surface area (TPSA) is 42.2 Å². The van der Waals surface area contributed by atoms with Gasteiger partial charge in [-0.25, -0.2) is 0 Å². The number of aryl methyl sites for hydroxylation is 1. The Bertz CT molecular complexity index is 591. The average Bonchev–Trinajstić information content (AvgIpc) is 2.81. The van der Waals surface area contributed by atoms with Crippen LogP contribution in [0.3, 0.4) is 0 Å². The van der Waals surface area contributed by atoms with Gasteiger partial charge in [-0.15, -0.1) is 0 Å². The summed E-state index contributed by atoms with van der Waals surface area (Å²) in [6.07, 6.45) is 3.64. The lowest BCUT2D eigenvalue weighted by molar-refractivity contribution is 0.447. The van der Waals surface area contributed by atoms with E-state index in [1.807, 2.05) is 12.1 Å². The first kappa shape index (κ1) is 15.3. The fourth-order valence-corrected chi connectivity index (χ4v) is 3.07. The van der Waals surface area contributed by atoms with Crippen molar-refractivity contribution in [3.63, 3.8) is 0 Å². The van der Waals surface area contributed by atoms with Crippen LogP contribution in [0.25, 0.3) is 11.0 Å². The Morgan fingerprint density at radius 2 is 2.10 bits per heavy atom. The highest BCUT2D eigenvalue weighted by Crippen LogP contribution is 2.30. The number of nitrogens with one attached hydrogen (secondary N) is 1. The molecule has 3 nitrogen and oxygen atoms in total. The summed E-state index contributed by atoms with van der Waals surface area (Å²) >= 11 is 0. The largest absolute Gasteiger partial charge is 0.459 e. The lowest BCUT2D eigenvalue weighted by Gasteiger charge is -2.12. The molecule has 0 saturated heterocycles. The molecule has 2 aromatic rings. The maximum atomic E-state index is 11.0. The van der Waals surface area contributed by atoms with Crippen molar-refractivity contribution < 1.29 is 8.63 Å². The Hall–Kier alpha value is -1.13. The minimum Gasteiger partial charge on any atom is -0.459 e. The van der Waals surface area contributed by atoms with E-state index in [0.717, 1.165) is 36.5 Å². The molecule has 2 rings (SSSR count). The quantitative estimate of drug-likeness (QED) is 0.795. The van der Waals surface area contributed by atoms with E-state index in [9.17, 15) is 4.21 Å². The van der Waals surface area contributed by atoms with Gasteiger partial charge in [-0.3, -0.25) is 4.21 Å². The van der Waals surface area contributed by atoms with Crippen molar-refractivity contribution in [2.24, 2.45) is 0 Å². The third-order valence-corrected chi connectivity index (χ3v) is 4.40. The fraction of sp³-hybridized carbons (Fsp3) is 0.500. The molecule has 1 heterocycles. The predicted octanol–water partition coefficient (Wildman–Crippen LogP) is 3.41. The van der Waals surface area contributed by atoms with Crippen LogP contribution in [0.4, 0.5) is 0 Å². The van der Waals surface area contributed by atoms with Crippen LogP contribution in [-0.2, 0) is 17.2 Å². The minimum absolute atomic E-state index is 0.183. The predicted molar refractivity (Wildman–Crippen MR) is 85.6 cm³/mol. The molecule has 0 spiro atoms. The van der Waals surface area contributed by atoms with Crippen LogP contribution in [0, 0.1) is 0 Å². The van der Waals surface area contributed by atoms with E-state index in [0.29, 0.717) is 0 Å². The van der Waals surface area contributed by atoms with Gasteiger partial charge in [-0.05, 0) is 32.4 Å². The molecule has 2 unspecified atom stereocenters. The van der Waals surface area contributed by atoms with Crippen molar-refractivity contribution in [1.82, 2.24) is 5.32 Å². The second-order valence-electron chi connectivity index (χ2n) is 5.10. The monoisotopic (exact) mass is 293 g/mol. The van der Waals surface area contributed by atoms with E-state index in [2.05, 4.69) is 31.3 Å². The number of rotatable bonds is 7. The minimum atomic E-state index is -0.707. The lowest BCUT2D eigenvalue weighted by Crippen LogP contribution is -2.21. The van der Waals surface area contributed by atoms with Gasteiger partial charge in [0.1, 0.15) is 11.3 Å². The van der Waals surface area contributed by atoms with E-state index >= 15 is 0 Å². The summed E-state index contributed by atoms with van der Waals surface area (Å²) in [5.41, 5.74) is 2.25. The van der Waals surface area contributed by atoms with Gasteiger partial charge in [0.2, 0.25) is 0 Å². The summed E-state index contributed by atoms with van der Waals surface area (Å²) in [7, 11) is -0.707. The number of hydrogen-bond acceptors (Lipinski definition) is 3. The van der Waals surface area contributed by atoms with Crippen LogP contribution < -0.4 is 5.32 Å². The zero-order valence-electron chi connectivity index (χ0n) is 12.4. The molecule has 0 aliphatic heterocycles. The summed E-state index contributed by atoms with van der Waals surface area (Å²) in [6, 6.07) is 8.38. The highest BCUT2D eigenvalue weighted by molar-refractivity contribution is 7.84. The number of hydrogen-bond donors (Lipinski definition) is 1. The van der Waals surface area contributed by atoms with Gasteiger partial charge in [-0.2, -0.15) is 0 Å². The van der Waals surface area contributed by atoms with Crippen LogP contribution in [0.2, 0.25) is 0 Å². The SMILES string of the molecule is CCc1c(C(C)NCCCS(C)=O)oc2ccccc12. The molecular weight excluding hydrogens is 270 g/mol. The molecule has 2 atom stereocenters. The third kappa shape index (κ3) is 3.49. The van der Waals surface area contributed by atoms with Gasteiger partial charge in [0.05, 0.1) is 6.04 Å². The Labute approximate surface area is 123 Å². The molecule has 0 saturated carbocycles. The first-order valence-corrected chi connectivity index (χ1v) is 8.90. The van der Waals surface area contributed by atoms with Crippen molar-refractivity contribution in [3.8, 4) is 0 Å². The molecule has 1 aromatic carbocycles. The standard InChI is InChI=1S/C16H23NO2S/c1-4-13-14-8-5-6-9-15(14)19-16(13)12(2)17-10-7-11-20(3)18/h5-6,8-9,12,17H,4,7,10-11H2,1-3H3. The van der Waals surface area contributed by atoms with E-state index in [-0.39, 0.29) is 6.04 Å². The van der Waals surface area contributed by atoms with E-state index in [1.165, 1.54) is 10.9 Å². The summed E-state index contributed by atoms with van der Waals surface area (Å²) in [6.45, 7) is 5.15. The molecule has 0 bridgehead atoms. The molecule has 110 valence electrons. The molecule has 20 heavy (non-hydrogen) atoms. The second-order valence-corrected chi connectivity index (χ2v) is 6.66. The van der Waals surface area contributed by atoms with Gasteiger partial charge >= 0.3 is 0 Å². The van der Waals surface area contributed by atoms with E-state index in [1.54, 1.807) is 6.26 Å². The average molecular weight is 293 g/mol. The second kappa shape index (κ2) is 7.04. The molecule has 1 N–H and O–H groups in total. The van der Waals surface area contributed by atoms with Crippen molar-refractivity contribution in [3.05, 3.63) is 35.6 Å². The first-order valence-electron chi connectivity index (χ1n) is 7.17. The van der Waals surface area contributed by atoms with Crippen LogP contribution in [0.15, 0.2) is 28.7 Å². The molecule has 0 aliphatic carbocycles. The van der Waals surface area contributed by atoms with Gasteiger partial charge in [0, 0.05) is 33.8 Å². The van der Waals surface area contributed by atoms with Crippen LogP contribution in [0.5, 0.6) is 0 Å². The van der Waals surface area contributed by atoms with Crippen LogP contribution in [-0.4, -0.2) is 22.8 Å². The number of benzene rings is 1. The van der Waals surface area contributed by atoms with Gasteiger partial charge in [0.25, 0.3) is 0 Å². The van der Waals surface area contributed by atoms with Crippen molar-refractivity contribution >= 4 is 21.8 Å². The van der Waals surface area contributed by atoms with Crippen molar-refractivity contribution in [2.75, 3.05) is 18.6 Å². The number of para-hydroxylation sites is 1. The molecule has 4 heteroatoms. The highest BCUT2D eigenvalue weighted by Gasteiger charge is 2.17. The Morgan fingerprint density at radius 3 is 2.80 bits per heavy atom. The van der Waals surface area contributed by atoms with Crippen molar-refractivity contribution in [2.45, 2.75) is 32.7 Å². The maximum absolute atomic E-state index is 11.0. The molecule has 0 amide bonds. The molecule has 0 aliphatic rings. The third-order valence-electron chi connectivity index (χ3n) is 3.54. The van der Waals surface area contributed by atoms with Crippen LogP contribution in [0.1, 0.15) is 37.6 Å². The first-order chi connectivity index (χ1) is 9.63. The van der Waals surface area contributed by atoms with Crippen molar-refractivity contribution in [1.29, 1.82) is 0 Å². The number of furan rings is 1. The van der Waals surface area contributed by atoms with Gasteiger partial charge in [0.15, 0.2) is 0 Å².